The number of carboxylic acids is 1. The van der Waals surface area contributed by atoms with E-state index in [0.29, 0.717) is 5.75 Å². The maximum atomic E-state index is 10.4. The number of rotatable bonds is 7. The van der Waals surface area contributed by atoms with Crippen molar-refractivity contribution in [2.75, 3.05) is 11.5 Å². The van der Waals surface area contributed by atoms with Gasteiger partial charge in [-0.05, 0) is 12.2 Å². The highest BCUT2D eigenvalue weighted by Gasteiger charge is 2.13. The first-order chi connectivity index (χ1) is 6.33. The molecule has 0 bridgehead atoms. The molecule has 3 N–H and O–H groups in total. The summed E-state index contributed by atoms with van der Waals surface area (Å²) in [5.74, 6) is 0.662. The number of hydrogen-bond acceptors (Lipinski definition) is 3. The standard InChI is InChI=1S/C9H21NO2SSi/c1-14(2,3)6-4-5-13-7-8(10)9(11)12/h8H,4-7,10H2,1-3H3,(H,11,12). The van der Waals surface area contributed by atoms with E-state index in [0.717, 1.165) is 5.75 Å². The van der Waals surface area contributed by atoms with Gasteiger partial charge in [0, 0.05) is 13.8 Å². The van der Waals surface area contributed by atoms with Gasteiger partial charge in [-0.1, -0.05) is 25.7 Å². The van der Waals surface area contributed by atoms with Gasteiger partial charge in [0.25, 0.3) is 0 Å². The van der Waals surface area contributed by atoms with Gasteiger partial charge in [-0.3, -0.25) is 4.79 Å². The minimum atomic E-state index is -0.917. The summed E-state index contributed by atoms with van der Waals surface area (Å²) in [6.45, 7) is 7.04. The SMILES string of the molecule is C[Si](C)(C)CCCSCC(N)C(=O)O. The largest absolute Gasteiger partial charge is 0.480 e. The first-order valence-corrected chi connectivity index (χ1v) is 9.75. The monoisotopic (exact) mass is 235 g/mol. The molecule has 0 aromatic carbocycles. The minimum absolute atomic E-state index is 0.529. The normalized spacial score (nSPS) is 14.0. The molecule has 0 aromatic rings. The summed E-state index contributed by atoms with van der Waals surface area (Å²) in [5, 5.41) is 8.54. The Hall–Kier alpha value is -0.00312. The molecule has 3 nitrogen and oxygen atoms in total. The van der Waals surface area contributed by atoms with Crippen LogP contribution in [0.15, 0.2) is 0 Å². The quantitative estimate of drug-likeness (QED) is 0.522. The van der Waals surface area contributed by atoms with Crippen LogP contribution in [0.25, 0.3) is 0 Å². The van der Waals surface area contributed by atoms with Crippen molar-refractivity contribution in [3.63, 3.8) is 0 Å². The Balaban J connectivity index is 3.35. The van der Waals surface area contributed by atoms with Crippen LogP contribution in [0.4, 0.5) is 0 Å². The second-order valence-electron chi connectivity index (χ2n) is 4.68. The van der Waals surface area contributed by atoms with Crippen LogP contribution >= 0.6 is 11.8 Å². The summed E-state index contributed by atoms with van der Waals surface area (Å²) in [7, 11) is -0.917. The molecular formula is C9H21NO2SSi. The third-order valence-corrected chi connectivity index (χ3v) is 4.86. The Morgan fingerprint density at radius 1 is 1.50 bits per heavy atom. The van der Waals surface area contributed by atoms with E-state index in [9.17, 15) is 4.79 Å². The van der Waals surface area contributed by atoms with Crippen molar-refractivity contribution in [2.45, 2.75) is 38.1 Å². The molecule has 0 fully saturated rings. The molecule has 0 amide bonds. The first-order valence-electron chi connectivity index (χ1n) is 4.89. The lowest BCUT2D eigenvalue weighted by Crippen LogP contribution is -2.32. The molecule has 14 heavy (non-hydrogen) atoms. The Morgan fingerprint density at radius 3 is 2.50 bits per heavy atom. The highest BCUT2D eigenvalue weighted by Crippen LogP contribution is 2.14. The number of carbonyl (C=O) groups is 1. The van der Waals surface area contributed by atoms with Crippen LogP contribution in [-0.4, -0.2) is 36.7 Å². The zero-order chi connectivity index (χ0) is 11.2. The van der Waals surface area contributed by atoms with Crippen molar-refractivity contribution < 1.29 is 9.90 Å². The molecule has 0 heterocycles. The Kier molecular flexibility index (Phi) is 6.47. The Bertz CT molecular complexity index is 182. The van der Waals surface area contributed by atoms with E-state index < -0.39 is 20.1 Å². The molecule has 1 atom stereocenters. The van der Waals surface area contributed by atoms with Crippen LogP contribution in [0.2, 0.25) is 25.7 Å². The summed E-state index contributed by atoms with van der Waals surface area (Å²) < 4.78 is 0. The fourth-order valence-electron chi connectivity index (χ4n) is 0.986. The van der Waals surface area contributed by atoms with Gasteiger partial charge in [0.2, 0.25) is 0 Å². The average molecular weight is 235 g/mol. The molecule has 5 heteroatoms. The van der Waals surface area contributed by atoms with Crippen LogP contribution in [-0.2, 0) is 4.79 Å². The maximum Gasteiger partial charge on any atom is 0.321 e. The highest BCUT2D eigenvalue weighted by atomic mass is 32.2. The molecule has 0 spiro atoms. The summed E-state index contributed by atoms with van der Waals surface area (Å²) in [6, 6.07) is 0.606. The maximum absolute atomic E-state index is 10.4. The lowest BCUT2D eigenvalue weighted by Gasteiger charge is -2.15. The predicted octanol–water partition coefficient (Wildman–Crippen LogP) is 1.86. The number of aliphatic carboxylic acids is 1. The third kappa shape index (κ3) is 8.59. The van der Waals surface area contributed by atoms with E-state index in [1.165, 1.54) is 12.5 Å². The van der Waals surface area contributed by atoms with Crippen LogP contribution in [0, 0.1) is 0 Å². The van der Waals surface area contributed by atoms with Gasteiger partial charge in [0.15, 0.2) is 0 Å². The lowest BCUT2D eigenvalue weighted by atomic mass is 10.4. The zero-order valence-electron chi connectivity index (χ0n) is 9.25. The number of nitrogens with two attached hydrogens (primary N) is 1. The van der Waals surface area contributed by atoms with Crippen molar-refractivity contribution in [3.05, 3.63) is 0 Å². The van der Waals surface area contributed by atoms with Gasteiger partial charge in [-0.2, -0.15) is 11.8 Å². The fourth-order valence-corrected chi connectivity index (χ4v) is 3.39. The van der Waals surface area contributed by atoms with Crippen LogP contribution in [0.5, 0.6) is 0 Å². The molecule has 84 valence electrons. The van der Waals surface area contributed by atoms with E-state index in [4.69, 9.17) is 10.8 Å². The van der Waals surface area contributed by atoms with Gasteiger partial charge in [0.1, 0.15) is 6.04 Å². The molecule has 0 saturated heterocycles. The zero-order valence-corrected chi connectivity index (χ0v) is 11.1. The van der Waals surface area contributed by atoms with E-state index >= 15 is 0 Å². The topological polar surface area (TPSA) is 63.3 Å². The second kappa shape index (κ2) is 6.47. The van der Waals surface area contributed by atoms with E-state index in [2.05, 4.69) is 19.6 Å². The van der Waals surface area contributed by atoms with E-state index in [-0.39, 0.29) is 0 Å². The van der Waals surface area contributed by atoms with E-state index in [1.807, 2.05) is 0 Å². The first kappa shape index (κ1) is 14.0. The van der Waals surface area contributed by atoms with Gasteiger partial charge in [-0.25, -0.2) is 0 Å². The Morgan fingerprint density at radius 2 is 2.07 bits per heavy atom. The molecule has 1 unspecified atom stereocenters. The number of carboxylic acid groups (broad SMARTS) is 1. The summed E-state index contributed by atoms with van der Waals surface area (Å²) in [5.41, 5.74) is 5.37. The highest BCUT2D eigenvalue weighted by molar-refractivity contribution is 7.99. The lowest BCUT2D eigenvalue weighted by molar-refractivity contribution is -0.137. The molecule has 0 aliphatic heterocycles. The Labute approximate surface area is 91.5 Å². The molecule has 0 aromatic heterocycles. The van der Waals surface area contributed by atoms with Crippen molar-refractivity contribution in [3.8, 4) is 0 Å². The minimum Gasteiger partial charge on any atom is -0.480 e. The number of hydrogen-bond donors (Lipinski definition) is 2. The molecule has 0 aliphatic rings. The fraction of sp³-hybridized carbons (Fsp3) is 0.889. The summed E-state index contributed by atoms with van der Waals surface area (Å²) >= 11 is 1.65. The molecule has 0 rings (SSSR count). The molecular weight excluding hydrogens is 214 g/mol. The van der Waals surface area contributed by atoms with E-state index in [1.54, 1.807) is 11.8 Å². The number of thioether (sulfide) groups is 1. The average Bonchev–Trinajstić information content (AvgIpc) is 2.01. The molecule has 0 saturated carbocycles. The second-order valence-corrected chi connectivity index (χ2v) is 11.5. The van der Waals surface area contributed by atoms with Gasteiger partial charge in [0.05, 0.1) is 0 Å². The third-order valence-electron chi connectivity index (χ3n) is 1.83. The smallest absolute Gasteiger partial charge is 0.321 e. The van der Waals surface area contributed by atoms with Gasteiger partial charge < -0.3 is 10.8 Å². The van der Waals surface area contributed by atoms with Gasteiger partial charge >= 0.3 is 5.97 Å². The van der Waals surface area contributed by atoms with Crippen molar-refractivity contribution in [1.29, 1.82) is 0 Å². The van der Waals surface area contributed by atoms with Crippen molar-refractivity contribution >= 4 is 25.8 Å². The summed E-state index contributed by atoms with van der Waals surface area (Å²) in [4.78, 5) is 10.4. The summed E-state index contributed by atoms with van der Waals surface area (Å²) in [6.07, 6.45) is 1.19. The molecule has 0 radical (unpaired) electrons. The molecule has 0 aliphatic carbocycles. The van der Waals surface area contributed by atoms with Crippen LogP contribution < -0.4 is 5.73 Å². The van der Waals surface area contributed by atoms with Crippen LogP contribution in [0.3, 0.4) is 0 Å². The van der Waals surface area contributed by atoms with Crippen LogP contribution in [0.1, 0.15) is 6.42 Å². The predicted molar refractivity (Wildman–Crippen MR) is 65.7 cm³/mol. The van der Waals surface area contributed by atoms with Gasteiger partial charge in [-0.15, -0.1) is 0 Å². The van der Waals surface area contributed by atoms with Crippen molar-refractivity contribution in [2.24, 2.45) is 5.73 Å². The van der Waals surface area contributed by atoms with Crippen molar-refractivity contribution in [1.82, 2.24) is 0 Å².